The predicted molar refractivity (Wildman–Crippen MR) is 23.0 cm³/mol. The van der Waals surface area contributed by atoms with Gasteiger partial charge in [0.25, 0.3) is 0 Å². The zero-order valence-electron chi connectivity index (χ0n) is 3.50. The maximum atomic E-state index is 0. The van der Waals surface area contributed by atoms with Crippen LogP contribution in [0.1, 0.15) is 0 Å². The van der Waals surface area contributed by atoms with Crippen molar-refractivity contribution >= 4 is 74.2 Å². The van der Waals surface area contributed by atoms with E-state index in [1.165, 1.54) is 0 Å². The molecular formula is GeLi3. The molecular weight excluding hydrogens is 93.4 g/mol. The van der Waals surface area contributed by atoms with Crippen LogP contribution >= 0.6 is 0 Å². The van der Waals surface area contributed by atoms with E-state index in [1.807, 2.05) is 0 Å². The Hall–Kier alpha value is 2.34. The van der Waals surface area contributed by atoms with Crippen molar-refractivity contribution in [2.75, 3.05) is 0 Å². The summed E-state index contributed by atoms with van der Waals surface area (Å²) in [6, 6.07) is 0. The van der Waals surface area contributed by atoms with Crippen molar-refractivity contribution in [2.24, 2.45) is 0 Å². The number of hydrogen-bond acceptors (Lipinski definition) is 0. The topological polar surface area (TPSA) is 0 Å². The van der Waals surface area contributed by atoms with Gasteiger partial charge in [-0.05, 0) is 0 Å². The zero-order valence-corrected chi connectivity index (χ0v) is 5.60. The molecule has 0 atom stereocenters. The van der Waals surface area contributed by atoms with Crippen LogP contribution in [0, 0.1) is 0 Å². The standard InChI is InChI=1S/Ge.3Li. The Kier molecular flexibility index (Phi) is 152. The Balaban J connectivity index is 0. The minimum atomic E-state index is 0. The van der Waals surface area contributed by atoms with E-state index >= 15 is 0 Å². The summed E-state index contributed by atoms with van der Waals surface area (Å²) < 4.78 is 0. The van der Waals surface area contributed by atoms with E-state index in [0.29, 0.717) is 0 Å². The predicted octanol–water partition coefficient (Wildman–Crippen LogP) is -1.52. The van der Waals surface area contributed by atoms with Gasteiger partial charge in [-0.3, -0.25) is 0 Å². The molecule has 0 saturated heterocycles. The van der Waals surface area contributed by atoms with Crippen LogP contribution in [0.2, 0.25) is 0 Å². The summed E-state index contributed by atoms with van der Waals surface area (Å²) in [5, 5.41) is 0. The Bertz CT molecular complexity index is 3.25. The molecule has 0 aromatic rings. The summed E-state index contributed by atoms with van der Waals surface area (Å²) in [4.78, 5) is 0. The van der Waals surface area contributed by atoms with E-state index in [4.69, 9.17) is 0 Å². The molecule has 0 spiro atoms. The summed E-state index contributed by atoms with van der Waals surface area (Å²) in [5.41, 5.74) is 0. The second kappa shape index (κ2) is 18.4. The fourth-order valence-corrected chi connectivity index (χ4v) is 0. The third-order valence-electron chi connectivity index (χ3n) is 0. The average molecular weight is 93.4 g/mol. The number of rotatable bonds is 0. The summed E-state index contributed by atoms with van der Waals surface area (Å²) in [6.07, 6.45) is 0. The molecule has 0 unspecified atom stereocenters. The second-order valence-electron chi connectivity index (χ2n) is 0. The van der Waals surface area contributed by atoms with Gasteiger partial charge in [0.05, 0.1) is 0 Å². The first-order chi connectivity index (χ1) is 0. The smallest absolute Gasteiger partial charge is 0 e. The van der Waals surface area contributed by atoms with Gasteiger partial charge in [-0.15, -0.1) is 0 Å². The van der Waals surface area contributed by atoms with Gasteiger partial charge in [-0.1, -0.05) is 0 Å². The normalized spacial score (nSPS) is 0. The van der Waals surface area contributed by atoms with E-state index < -0.39 is 0 Å². The van der Waals surface area contributed by atoms with Crippen molar-refractivity contribution in [3.8, 4) is 0 Å². The zero-order chi connectivity index (χ0) is 0. The molecule has 0 aliphatic heterocycles. The van der Waals surface area contributed by atoms with E-state index in [-0.39, 0.29) is 74.2 Å². The fourth-order valence-electron chi connectivity index (χ4n) is 0. The monoisotopic (exact) mass is 95.0 g/mol. The van der Waals surface area contributed by atoms with Gasteiger partial charge < -0.3 is 0 Å². The molecule has 0 aromatic carbocycles. The maximum absolute atomic E-state index is 0. The first kappa shape index (κ1) is 33.1. The van der Waals surface area contributed by atoms with Gasteiger partial charge in [0.15, 0.2) is 0 Å². The van der Waals surface area contributed by atoms with Gasteiger partial charge in [-0.25, -0.2) is 0 Å². The Morgan fingerprint density at radius 1 is 0.500 bits per heavy atom. The van der Waals surface area contributed by atoms with Crippen LogP contribution in [0.15, 0.2) is 0 Å². The van der Waals surface area contributed by atoms with Crippen molar-refractivity contribution in [1.29, 1.82) is 0 Å². The van der Waals surface area contributed by atoms with Crippen LogP contribution in [0.4, 0.5) is 0 Å². The first-order valence-electron chi connectivity index (χ1n) is 0. The van der Waals surface area contributed by atoms with Crippen molar-refractivity contribution in [1.82, 2.24) is 0 Å². The van der Waals surface area contributed by atoms with Crippen LogP contribution in [0.5, 0.6) is 0 Å². The molecule has 0 aliphatic carbocycles. The molecule has 0 nitrogen and oxygen atoms in total. The maximum Gasteiger partial charge on any atom is 0 e. The van der Waals surface area contributed by atoms with Crippen LogP contribution in [0.3, 0.4) is 0 Å². The summed E-state index contributed by atoms with van der Waals surface area (Å²) >= 11 is 0. The molecule has 7 radical (unpaired) electrons. The van der Waals surface area contributed by atoms with Crippen LogP contribution in [-0.2, 0) is 0 Å². The molecule has 7 valence electrons. The summed E-state index contributed by atoms with van der Waals surface area (Å²) in [7, 11) is 0. The van der Waals surface area contributed by atoms with E-state index in [1.54, 1.807) is 0 Å². The third kappa shape index (κ3) is 8.84. The van der Waals surface area contributed by atoms with Crippen molar-refractivity contribution in [3.05, 3.63) is 0 Å². The quantitative estimate of drug-likeness (QED) is 0.319. The molecule has 0 bridgehead atoms. The van der Waals surface area contributed by atoms with E-state index in [2.05, 4.69) is 0 Å². The molecule has 4 heteroatoms. The molecule has 0 N–H and O–H groups in total. The average Bonchev–Trinajstić information content (AvgIpc) is 0. The molecule has 0 fully saturated rings. The van der Waals surface area contributed by atoms with E-state index in [9.17, 15) is 0 Å². The molecule has 0 rings (SSSR count). The van der Waals surface area contributed by atoms with Crippen LogP contribution < -0.4 is 0 Å². The van der Waals surface area contributed by atoms with Crippen molar-refractivity contribution < 1.29 is 0 Å². The third-order valence-corrected chi connectivity index (χ3v) is 0. The van der Waals surface area contributed by atoms with Crippen molar-refractivity contribution in [2.45, 2.75) is 0 Å². The molecule has 0 amide bonds. The van der Waals surface area contributed by atoms with Gasteiger partial charge >= 0.3 is 0 Å². The molecule has 0 saturated carbocycles. The van der Waals surface area contributed by atoms with Gasteiger partial charge in [-0.2, -0.15) is 0 Å². The largest absolute Gasteiger partial charge is 0 e. The summed E-state index contributed by atoms with van der Waals surface area (Å²) in [5.74, 6) is 0. The summed E-state index contributed by atoms with van der Waals surface area (Å²) in [6.45, 7) is 0. The van der Waals surface area contributed by atoms with Crippen molar-refractivity contribution in [3.63, 3.8) is 0 Å². The molecule has 0 aliphatic rings. The second-order valence-corrected chi connectivity index (χ2v) is 0. The van der Waals surface area contributed by atoms with Crippen LogP contribution in [-0.4, -0.2) is 74.2 Å². The van der Waals surface area contributed by atoms with Crippen LogP contribution in [0.25, 0.3) is 0 Å². The van der Waals surface area contributed by atoms with Gasteiger partial charge in [0.2, 0.25) is 0 Å². The minimum absolute atomic E-state index is 0. The van der Waals surface area contributed by atoms with Gasteiger partial charge in [0, 0.05) is 74.2 Å². The Morgan fingerprint density at radius 3 is 0.500 bits per heavy atom. The minimum Gasteiger partial charge on any atom is 0 e. The van der Waals surface area contributed by atoms with Gasteiger partial charge in [0.1, 0.15) is 0 Å². The SMILES string of the molecule is [Ge].[Li].[Li].[Li]. The fraction of sp³-hybridized carbons (Fsp3) is 0. The molecule has 4 heavy (non-hydrogen) atoms. The van der Waals surface area contributed by atoms with E-state index in [0.717, 1.165) is 0 Å². The Morgan fingerprint density at radius 2 is 0.500 bits per heavy atom. The first-order valence-corrected chi connectivity index (χ1v) is 0. The molecule has 0 aromatic heterocycles. The molecule has 0 heterocycles. The Labute approximate surface area is 73.4 Å². The number of hydrogen-bond donors (Lipinski definition) is 0.